The van der Waals surface area contributed by atoms with Crippen molar-refractivity contribution < 1.29 is 9.53 Å². The number of hydrogen-bond acceptors (Lipinski definition) is 5. The van der Waals surface area contributed by atoms with Crippen LogP contribution in [0, 0.1) is 5.41 Å². The fraction of sp³-hybridized carbons (Fsp3) is 0.667. The third-order valence-electron chi connectivity index (χ3n) is 5.15. The van der Waals surface area contributed by atoms with E-state index in [4.69, 9.17) is 4.74 Å². The smallest absolute Gasteiger partial charge is 0.233 e. The third-order valence-corrected chi connectivity index (χ3v) is 5.15. The SMILES string of the molecule is COCC1(C(=O)Nc2ccc(N3CCCCC3)nc2)CCNCC1.Cl.Cl. The fourth-order valence-corrected chi connectivity index (χ4v) is 3.65. The minimum atomic E-state index is -0.439. The Balaban J connectivity index is 0.00000169. The van der Waals surface area contributed by atoms with Crippen molar-refractivity contribution in [1.29, 1.82) is 0 Å². The van der Waals surface area contributed by atoms with Crippen LogP contribution in [0.2, 0.25) is 0 Å². The fourth-order valence-electron chi connectivity index (χ4n) is 3.65. The minimum absolute atomic E-state index is 0. The number of nitrogens with one attached hydrogen (secondary N) is 2. The third kappa shape index (κ3) is 5.46. The summed E-state index contributed by atoms with van der Waals surface area (Å²) in [5.74, 6) is 1.04. The molecule has 0 spiro atoms. The van der Waals surface area contributed by atoms with Gasteiger partial charge < -0.3 is 20.3 Å². The van der Waals surface area contributed by atoms with Crippen molar-refractivity contribution >= 4 is 42.2 Å². The number of pyridine rings is 1. The number of amides is 1. The summed E-state index contributed by atoms with van der Waals surface area (Å²) in [5, 5.41) is 6.35. The van der Waals surface area contributed by atoms with Gasteiger partial charge >= 0.3 is 0 Å². The highest BCUT2D eigenvalue weighted by Gasteiger charge is 2.39. The molecule has 8 heteroatoms. The average Bonchev–Trinajstić information content (AvgIpc) is 2.64. The molecule has 2 aliphatic heterocycles. The van der Waals surface area contributed by atoms with Crippen LogP contribution >= 0.6 is 24.8 Å². The van der Waals surface area contributed by atoms with E-state index in [1.165, 1.54) is 19.3 Å². The maximum absolute atomic E-state index is 12.8. The highest BCUT2D eigenvalue weighted by atomic mass is 35.5. The number of hydrogen-bond donors (Lipinski definition) is 2. The molecule has 2 saturated heterocycles. The Hall–Kier alpha value is -1.08. The van der Waals surface area contributed by atoms with Crippen molar-refractivity contribution in [2.45, 2.75) is 32.1 Å². The molecular weight excluding hydrogens is 375 g/mol. The van der Waals surface area contributed by atoms with Gasteiger partial charge in [-0.1, -0.05) is 0 Å². The van der Waals surface area contributed by atoms with Crippen molar-refractivity contribution in [1.82, 2.24) is 10.3 Å². The van der Waals surface area contributed by atoms with Crippen LogP contribution in [0.3, 0.4) is 0 Å². The molecule has 2 N–H and O–H groups in total. The van der Waals surface area contributed by atoms with Crippen molar-refractivity contribution in [3.8, 4) is 0 Å². The van der Waals surface area contributed by atoms with Crippen LogP contribution in [-0.2, 0) is 9.53 Å². The molecule has 0 atom stereocenters. The highest BCUT2D eigenvalue weighted by Crippen LogP contribution is 2.31. The van der Waals surface area contributed by atoms with Crippen LogP contribution < -0.4 is 15.5 Å². The summed E-state index contributed by atoms with van der Waals surface area (Å²) < 4.78 is 5.33. The average molecular weight is 405 g/mol. The maximum Gasteiger partial charge on any atom is 0.233 e. The lowest BCUT2D eigenvalue weighted by atomic mass is 9.78. The largest absolute Gasteiger partial charge is 0.384 e. The number of aromatic nitrogens is 1. The molecule has 6 nitrogen and oxygen atoms in total. The number of nitrogens with zero attached hydrogens (tertiary/aromatic N) is 2. The molecule has 0 unspecified atom stereocenters. The number of carbonyl (C=O) groups excluding carboxylic acids is 1. The van der Waals surface area contributed by atoms with E-state index in [1.54, 1.807) is 13.3 Å². The molecule has 1 amide bonds. The molecule has 26 heavy (non-hydrogen) atoms. The van der Waals surface area contributed by atoms with Crippen LogP contribution in [0.5, 0.6) is 0 Å². The van der Waals surface area contributed by atoms with Gasteiger partial charge in [-0.3, -0.25) is 4.79 Å². The van der Waals surface area contributed by atoms with E-state index in [1.807, 2.05) is 12.1 Å². The van der Waals surface area contributed by atoms with Gasteiger partial charge in [0, 0.05) is 20.2 Å². The van der Waals surface area contributed by atoms with E-state index in [0.717, 1.165) is 50.5 Å². The first kappa shape index (κ1) is 23.0. The van der Waals surface area contributed by atoms with Gasteiger partial charge in [-0.05, 0) is 57.3 Å². The van der Waals surface area contributed by atoms with Crippen LogP contribution in [-0.4, -0.2) is 50.8 Å². The lowest BCUT2D eigenvalue weighted by molar-refractivity contribution is -0.130. The van der Waals surface area contributed by atoms with Crippen LogP contribution in [0.25, 0.3) is 0 Å². The topological polar surface area (TPSA) is 66.5 Å². The molecule has 0 bridgehead atoms. The van der Waals surface area contributed by atoms with Gasteiger partial charge in [0.05, 0.1) is 23.9 Å². The molecule has 0 radical (unpaired) electrons. The maximum atomic E-state index is 12.8. The van der Waals surface area contributed by atoms with Gasteiger partial charge in [0.1, 0.15) is 5.82 Å². The van der Waals surface area contributed by atoms with E-state index < -0.39 is 5.41 Å². The summed E-state index contributed by atoms with van der Waals surface area (Å²) in [6.45, 7) is 4.30. The standard InChI is InChI=1S/C18H28N4O2.2ClH/c1-24-14-18(7-9-19-10-8-18)17(23)21-15-5-6-16(20-13-15)22-11-3-2-4-12-22;;/h5-6,13,19H,2-4,7-12,14H2,1H3,(H,21,23);2*1H. The first-order valence-corrected chi connectivity index (χ1v) is 8.96. The monoisotopic (exact) mass is 404 g/mol. The molecule has 2 fully saturated rings. The van der Waals surface area contributed by atoms with Gasteiger partial charge in [-0.15, -0.1) is 24.8 Å². The molecular formula is C18H30Cl2N4O2. The molecule has 3 heterocycles. The van der Waals surface area contributed by atoms with Crippen molar-refractivity contribution in [3.05, 3.63) is 18.3 Å². The Morgan fingerprint density at radius 3 is 2.50 bits per heavy atom. The highest BCUT2D eigenvalue weighted by molar-refractivity contribution is 5.95. The van der Waals surface area contributed by atoms with Gasteiger partial charge in [-0.25, -0.2) is 4.98 Å². The Bertz CT molecular complexity index is 539. The van der Waals surface area contributed by atoms with Gasteiger partial charge in [0.2, 0.25) is 5.91 Å². The predicted octanol–water partition coefficient (Wildman–Crippen LogP) is 2.87. The second kappa shape index (κ2) is 10.9. The predicted molar refractivity (Wildman–Crippen MR) is 110 cm³/mol. The Labute approximate surface area is 168 Å². The first-order valence-electron chi connectivity index (χ1n) is 8.96. The molecule has 0 aromatic carbocycles. The normalized spacial score (nSPS) is 19.0. The zero-order valence-corrected chi connectivity index (χ0v) is 17.0. The molecule has 1 aromatic heterocycles. The van der Waals surface area contributed by atoms with Crippen molar-refractivity contribution in [2.24, 2.45) is 5.41 Å². The van der Waals surface area contributed by atoms with E-state index in [9.17, 15) is 4.79 Å². The second-order valence-corrected chi connectivity index (χ2v) is 6.87. The van der Waals surface area contributed by atoms with Gasteiger partial charge in [0.15, 0.2) is 0 Å². The summed E-state index contributed by atoms with van der Waals surface area (Å²) in [6, 6.07) is 3.96. The number of carbonyl (C=O) groups is 1. The number of piperidine rings is 2. The minimum Gasteiger partial charge on any atom is -0.384 e. The van der Waals surface area contributed by atoms with Crippen LogP contribution in [0.15, 0.2) is 18.3 Å². The van der Waals surface area contributed by atoms with E-state index in [-0.39, 0.29) is 30.7 Å². The quantitative estimate of drug-likeness (QED) is 0.789. The first-order chi connectivity index (χ1) is 11.7. The summed E-state index contributed by atoms with van der Waals surface area (Å²) in [4.78, 5) is 19.7. The number of anilines is 2. The summed E-state index contributed by atoms with van der Waals surface area (Å²) in [5.41, 5.74) is 0.320. The second-order valence-electron chi connectivity index (χ2n) is 6.87. The van der Waals surface area contributed by atoms with E-state index in [0.29, 0.717) is 6.61 Å². The lowest BCUT2D eigenvalue weighted by Gasteiger charge is -2.35. The zero-order valence-electron chi connectivity index (χ0n) is 15.3. The Morgan fingerprint density at radius 2 is 1.92 bits per heavy atom. The van der Waals surface area contributed by atoms with Crippen molar-refractivity contribution in [2.75, 3.05) is 50.1 Å². The zero-order chi connectivity index (χ0) is 16.8. The summed E-state index contributed by atoms with van der Waals surface area (Å²) >= 11 is 0. The van der Waals surface area contributed by atoms with Crippen LogP contribution in [0.1, 0.15) is 32.1 Å². The number of rotatable bonds is 5. The summed E-state index contributed by atoms with van der Waals surface area (Å²) in [6.07, 6.45) is 7.13. The van der Waals surface area contributed by atoms with E-state index in [2.05, 4.69) is 20.5 Å². The summed E-state index contributed by atoms with van der Waals surface area (Å²) in [7, 11) is 1.66. The number of halogens is 2. The number of methoxy groups -OCH3 is 1. The Kier molecular flexibility index (Phi) is 9.64. The van der Waals surface area contributed by atoms with Crippen LogP contribution in [0.4, 0.5) is 11.5 Å². The molecule has 3 rings (SSSR count). The number of ether oxygens (including phenoxy) is 1. The van der Waals surface area contributed by atoms with Gasteiger partial charge in [0.25, 0.3) is 0 Å². The lowest BCUT2D eigenvalue weighted by Crippen LogP contribution is -2.47. The van der Waals surface area contributed by atoms with E-state index >= 15 is 0 Å². The molecule has 0 saturated carbocycles. The molecule has 2 aliphatic rings. The molecule has 0 aliphatic carbocycles. The van der Waals surface area contributed by atoms with Gasteiger partial charge in [-0.2, -0.15) is 0 Å². The van der Waals surface area contributed by atoms with Crippen molar-refractivity contribution in [3.63, 3.8) is 0 Å². The molecule has 148 valence electrons. The molecule has 1 aromatic rings. The Morgan fingerprint density at radius 1 is 1.23 bits per heavy atom.